The van der Waals surface area contributed by atoms with Gasteiger partial charge in [0, 0.05) is 32.4 Å². The zero-order chi connectivity index (χ0) is 30.8. The van der Waals surface area contributed by atoms with Crippen molar-refractivity contribution in [2.75, 3.05) is 30.6 Å². The van der Waals surface area contributed by atoms with Gasteiger partial charge in [0.25, 0.3) is 11.8 Å². The van der Waals surface area contributed by atoms with Crippen molar-refractivity contribution in [3.63, 3.8) is 0 Å². The van der Waals surface area contributed by atoms with E-state index in [1.54, 1.807) is 78.9 Å². The lowest BCUT2D eigenvalue weighted by molar-refractivity contribution is -0.114. The van der Waals surface area contributed by atoms with Gasteiger partial charge >= 0.3 is 0 Å². The molecule has 0 fully saturated rings. The average molecular weight is 616 g/mol. The number of benzene rings is 4. The fourth-order valence-electron chi connectivity index (χ4n) is 4.00. The van der Waals surface area contributed by atoms with Crippen LogP contribution in [0.5, 0.6) is 11.5 Å². The Morgan fingerprint density at radius 1 is 0.837 bits per heavy atom. The summed E-state index contributed by atoms with van der Waals surface area (Å²) in [5.74, 6) is -0.158. The first kappa shape index (κ1) is 31.2. The van der Waals surface area contributed by atoms with Gasteiger partial charge in [-0.25, -0.2) is 0 Å². The monoisotopic (exact) mass is 615 g/mol. The van der Waals surface area contributed by atoms with Crippen LogP contribution in [-0.4, -0.2) is 37.7 Å². The van der Waals surface area contributed by atoms with Crippen molar-refractivity contribution in [2.45, 2.75) is 11.8 Å². The fraction of sp³-hybridized carbons (Fsp3) is 0.121. The van der Waals surface area contributed by atoms with Gasteiger partial charge in [-0.2, -0.15) is 0 Å². The molecule has 8 nitrogen and oxygen atoms in total. The zero-order valence-corrected chi connectivity index (χ0v) is 25.3. The summed E-state index contributed by atoms with van der Waals surface area (Å²) in [6.07, 6.45) is 1.53. The Hall–Kier alpha value is -4.73. The van der Waals surface area contributed by atoms with Crippen LogP contribution < -0.4 is 25.4 Å². The van der Waals surface area contributed by atoms with E-state index in [1.807, 2.05) is 19.1 Å². The van der Waals surface area contributed by atoms with E-state index < -0.39 is 11.8 Å². The molecule has 3 N–H and O–H groups in total. The summed E-state index contributed by atoms with van der Waals surface area (Å²) in [5.41, 5.74) is 2.95. The lowest BCUT2D eigenvalue weighted by Crippen LogP contribution is -2.30. The van der Waals surface area contributed by atoms with E-state index in [1.165, 1.54) is 32.1 Å². The maximum Gasteiger partial charge on any atom is 0.272 e. The molecular formula is C33H30ClN3O5S. The Labute approximate surface area is 259 Å². The molecule has 0 atom stereocenters. The van der Waals surface area contributed by atoms with Crippen LogP contribution in [0.15, 0.2) is 102 Å². The third-order valence-electron chi connectivity index (χ3n) is 6.18. The van der Waals surface area contributed by atoms with Gasteiger partial charge in [0.1, 0.15) is 5.70 Å². The number of hydrogen-bond donors (Lipinski definition) is 3. The highest BCUT2D eigenvalue weighted by atomic mass is 35.5. The smallest absolute Gasteiger partial charge is 0.272 e. The van der Waals surface area contributed by atoms with Crippen molar-refractivity contribution in [3.8, 4) is 11.5 Å². The Morgan fingerprint density at radius 2 is 1.58 bits per heavy atom. The van der Waals surface area contributed by atoms with Gasteiger partial charge in [-0.15, -0.1) is 11.8 Å². The fourth-order valence-corrected chi connectivity index (χ4v) is 4.94. The van der Waals surface area contributed by atoms with E-state index in [4.69, 9.17) is 21.1 Å². The first-order valence-corrected chi connectivity index (χ1v) is 14.5. The van der Waals surface area contributed by atoms with E-state index >= 15 is 0 Å². The first-order valence-electron chi connectivity index (χ1n) is 13.2. The van der Waals surface area contributed by atoms with Crippen LogP contribution in [0.2, 0.25) is 5.02 Å². The van der Waals surface area contributed by atoms with Crippen LogP contribution in [0.3, 0.4) is 0 Å². The summed E-state index contributed by atoms with van der Waals surface area (Å²) in [6, 6.07) is 26.2. The lowest BCUT2D eigenvalue weighted by Gasteiger charge is -2.14. The summed E-state index contributed by atoms with van der Waals surface area (Å²) in [7, 11) is 3.01. The predicted molar refractivity (Wildman–Crippen MR) is 172 cm³/mol. The highest BCUT2D eigenvalue weighted by Crippen LogP contribution is 2.32. The number of nitrogens with one attached hydrogen (secondary N) is 3. The molecule has 0 unspecified atom stereocenters. The van der Waals surface area contributed by atoms with Crippen LogP contribution in [-0.2, 0) is 9.59 Å². The van der Waals surface area contributed by atoms with Gasteiger partial charge in [0.15, 0.2) is 11.5 Å². The van der Waals surface area contributed by atoms with Gasteiger partial charge in [-0.05, 0) is 67.1 Å². The number of anilines is 2. The lowest BCUT2D eigenvalue weighted by atomic mass is 10.1. The number of rotatable bonds is 11. The van der Waals surface area contributed by atoms with Gasteiger partial charge < -0.3 is 25.4 Å². The average Bonchev–Trinajstić information content (AvgIpc) is 3.01. The van der Waals surface area contributed by atoms with Crippen molar-refractivity contribution < 1.29 is 23.9 Å². The van der Waals surface area contributed by atoms with Crippen LogP contribution in [0.1, 0.15) is 21.5 Å². The molecule has 0 aliphatic rings. The summed E-state index contributed by atoms with van der Waals surface area (Å²) in [4.78, 5) is 39.8. The predicted octanol–water partition coefficient (Wildman–Crippen LogP) is 6.81. The largest absolute Gasteiger partial charge is 0.493 e. The number of para-hydroxylation sites is 1. The Balaban J connectivity index is 1.51. The van der Waals surface area contributed by atoms with E-state index in [0.717, 1.165) is 10.5 Å². The molecule has 0 bridgehead atoms. The Morgan fingerprint density at radius 3 is 2.30 bits per heavy atom. The molecule has 220 valence electrons. The van der Waals surface area contributed by atoms with Gasteiger partial charge in [-0.1, -0.05) is 54.1 Å². The molecule has 4 aromatic carbocycles. The molecule has 0 saturated carbocycles. The number of thioether (sulfide) groups is 1. The Kier molecular flexibility index (Phi) is 10.9. The number of carbonyl (C=O) groups excluding carboxylic acids is 3. The van der Waals surface area contributed by atoms with E-state index in [2.05, 4.69) is 16.0 Å². The van der Waals surface area contributed by atoms with Crippen molar-refractivity contribution >= 4 is 58.5 Å². The normalized spacial score (nSPS) is 10.9. The maximum absolute atomic E-state index is 13.5. The molecule has 10 heteroatoms. The zero-order valence-electron chi connectivity index (χ0n) is 23.8. The maximum atomic E-state index is 13.5. The van der Waals surface area contributed by atoms with Gasteiger partial charge in [-0.3, -0.25) is 14.4 Å². The molecule has 3 amide bonds. The summed E-state index contributed by atoms with van der Waals surface area (Å²) < 4.78 is 10.9. The van der Waals surface area contributed by atoms with Crippen molar-refractivity contribution in [1.82, 2.24) is 5.32 Å². The van der Waals surface area contributed by atoms with Gasteiger partial charge in [0.05, 0.1) is 20.0 Å². The second-order valence-electron chi connectivity index (χ2n) is 9.24. The third kappa shape index (κ3) is 8.64. The topological polar surface area (TPSA) is 106 Å². The van der Waals surface area contributed by atoms with E-state index in [9.17, 15) is 14.4 Å². The summed E-state index contributed by atoms with van der Waals surface area (Å²) >= 11 is 7.47. The highest BCUT2D eigenvalue weighted by molar-refractivity contribution is 8.00. The minimum Gasteiger partial charge on any atom is -0.493 e. The second-order valence-corrected chi connectivity index (χ2v) is 10.7. The quantitative estimate of drug-likeness (QED) is 0.126. The Bertz CT molecular complexity index is 1660. The molecule has 4 rings (SSSR count). The molecule has 0 radical (unpaired) electrons. The first-order chi connectivity index (χ1) is 20.8. The van der Waals surface area contributed by atoms with E-state index in [0.29, 0.717) is 39.0 Å². The molecule has 0 spiro atoms. The molecule has 43 heavy (non-hydrogen) atoms. The summed E-state index contributed by atoms with van der Waals surface area (Å²) in [5, 5.41) is 8.97. The standard InChI is InChI=1S/C33H30ClN3O5S/c1-21-15-16-25(19-27(21)34)35-30(38)20-43-26-13-8-12-24(18-26)36-33(40)28(37-32(39)22-9-5-4-6-10-22)17-23-11-7-14-29(41-2)31(23)42-3/h4-19H,20H2,1-3H3,(H,35,38)(H,36,40)(H,37,39)/b28-17+. The minimum atomic E-state index is -0.551. The molecular weight excluding hydrogens is 586 g/mol. The number of methoxy groups -OCH3 is 2. The molecule has 0 saturated heterocycles. The molecule has 0 heterocycles. The van der Waals surface area contributed by atoms with Gasteiger partial charge in [0.2, 0.25) is 5.91 Å². The van der Waals surface area contributed by atoms with Crippen LogP contribution in [0.25, 0.3) is 6.08 Å². The molecule has 4 aromatic rings. The number of aryl methyl sites for hydroxylation is 1. The van der Waals surface area contributed by atoms with Crippen molar-refractivity contribution in [2.24, 2.45) is 0 Å². The number of ether oxygens (including phenoxy) is 2. The number of hydrogen-bond acceptors (Lipinski definition) is 6. The highest BCUT2D eigenvalue weighted by Gasteiger charge is 2.18. The molecule has 0 aliphatic carbocycles. The second kappa shape index (κ2) is 14.9. The number of halogens is 1. The minimum absolute atomic E-state index is 0.00500. The molecule has 0 aromatic heterocycles. The molecule has 0 aliphatic heterocycles. The van der Waals surface area contributed by atoms with Crippen LogP contribution >= 0.6 is 23.4 Å². The summed E-state index contributed by atoms with van der Waals surface area (Å²) in [6.45, 7) is 1.89. The SMILES string of the molecule is COc1cccc(/C=C(/NC(=O)c2ccccc2)C(=O)Nc2cccc(SCC(=O)Nc3ccc(C)c(Cl)c3)c2)c1OC. The third-order valence-corrected chi connectivity index (χ3v) is 7.58. The number of carbonyl (C=O) groups is 3. The van der Waals surface area contributed by atoms with E-state index in [-0.39, 0.29) is 17.4 Å². The van der Waals surface area contributed by atoms with Crippen molar-refractivity contribution in [3.05, 3.63) is 118 Å². The number of amides is 3. The van der Waals surface area contributed by atoms with Crippen LogP contribution in [0.4, 0.5) is 11.4 Å². The van der Waals surface area contributed by atoms with Crippen molar-refractivity contribution in [1.29, 1.82) is 0 Å². The van der Waals surface area contributed by atoms with Crippen LogP contribution in [0, 0.1) is 6.92 Å².